The van der Waals surface area contributed by atoms with Crippen molar-refractivity contribution in [2.45, 2.75) is 0 Å². The van der Waals surface area contributed by atoms with Crippen molar-refractivity contribution in [2.75, 3.05) is 0 Å². The molecule has 0 aliphatic heterocycles. The van der Waals surface area contributed by atoms with Crippen molar-refractivity contribution in [1.29, 1.82) is 0 Å². The van der Waals surface area contributed by atoms with Gasteiger partial charge in [-0.15, -0.1) is 0 Å². The highest BCUT2D eigenvalue weighted by molar-refractivity contribution is 6.08. The molecule has 0 saturated carbocycles. The largest absolute Gasteiger partial charge is 0.612 e. The Morgan fingerprint density at radius 3 is 2.62 bits per heavy atom. The highest BCUT2D eigenvalue weighted by Gasteiger charge is 2.17. The minimum absolute atomic E-state index is 0.132. The number of para-hydroxylation sites is 1. The van der Waals surface area contributed by atoms with Gasteiger partial charge in [-0.05, 0) is 30.4 Å². The fourth-order valence-electron chi connectivity index (χ4n) is 2.76. The Morgan fingerprint density at radius 1 is 1.19 bits per heavy atom. The van der Waals surface area contributed by atoms with Gasteiger partial charge in [0.15, 0.2) is 0 Å². The van der Waals surface area contributed by atoms with E-state index >= 15 is 0 Å². The summed E-state index contributed by atoms with van der Waals surface area (Å²) in [6, 6.07) is 6.75. The number of aryl methyl sites for hydroxylation is 1. The predicted octanol–water partition coefficient (Wildman–Crippen LogP) is 2.64. The molecule has 7 nitrogen and oxygen atoms in total. The van der Waals surface area contributed by atoms with E-state index in [1.54, 1.807) is 30.3 Å². The molecule has 0 unspecified atom stereocenters. The minimum atomic E-state index is -0.578. The fraction of sp³-hybridized carbons (Fsp3) is 0.0526. The van der Waals surface area contributed by atoms with Crippen LogP contribution < -0.4 is 5.56 Å². The molecule has 1 aliphatic carbocycles. The van der Waals surface area contributed by atoms with E-state index in [-0.39, 0.29) is 22.6 Å². The molecule has 3 rings (SSSR count). The topological polar surface area (TPSA) is 112 Å². The Kier molecular flexibility index (Phi) is 4.36. The number of benzene rings is 1. The van der Waals surface area contributed by atoms with Gasteiger partial charge in [-0.2, -0.15) is 4.90 Å². The molecule has 1 heterocycles. The molecule has 2 N–H and O–H groups in total. The standard InChI is InChI=1S/C19H15N2O5/c1-20-15-9-5-3-7-13(15)18(23)17(19(20)24)16(22)11-10-12-6-2-4-8-14(12)21(25)26/h2-11H,1H3,(H2-,22,23,24,25,26)/q-1. The zero-order chi connectivity index (χ0) is 18.8. The molecule has 26 heavy (non-hydrogen) atoms. The van der Waals surface area contributed by atoms with Crippen molar-refractivity contribution < 1.29 is 15.1 Å². The van der Waals surface area contributed by atoms with Crippen molar-refractivity contribution in [1.82, 2.24) is 4.57 Å². The summed E-state index contributed by atoms with van der Waals surface area (Å²) < 4.78 is 1.32. The molecule has 1 aliphatic rings. The third-order valence-corrected chi connectivity index (χ3v) is 4.09. The van der Waals surface area contributed by atoms with E-state index in [1.165, 1.54) is 35.9 Å². The number of hydrogen-bond acceptors (Lipinski definition) is 5. The molecular formula is C19H15N2O5-. The van der Waals surface area contributed by atoms with Crippen molar-refractivity contribution >= 4 is 22.4 Å². The molecule has 0 amide bonds. The van der Waals surface area contributed by atoms with Crippen LogP contribution in [-0.4, -0.2) is 25.4 Å². The lowest BCUT2D eigenvalue weighted by Crippen LogP contribution is -2.21. The van der Waals surface area contributed by atoms with Crippen molar-refractivity contribution in [3.8, 4) is 5.75 Å². The normalized spacial score (nSPS) is 15.8. The lowest BCUT2D eigenvalue weighted by molar-refractivity contribution is -0.377. The molecule has 0 radical (unpaired) electrons. The molecule has 0 bridgehead atoms. The number of rotatable bonds is 2. The van der Waals surface area contributed by atoms with Gasteiger partial charge in [0.25, 0.3) is 5.56 Å². The molecule has 0 spiro atoms. The Hall–Kier alpha value is -3.74. The maximum absolute atomic E-state index is 12.5. The Labute approximate surface area is 148 Å². The van der Waals surface area contributed by atoms with Crippen molar-refractivity contribution in [3.63, 3.8) is 0 Å². The van der Waals surface area contributed by atoms with Gasteiger partial charge in [-0.1, -0.05) is 24.3 Å². The first-order valence-electron chi connectivity index (χ1n) is 7.70. The molecular weight excluding hydrogens is 336 g/mol. The third kappa shape index (κ3) is 2.86. The molecule has 0 fully saturated rings. The number of aliphatic hydroxyl groups is 1. The summed E-state index contributed by atoms with van der Waals surface area (Å²) in [5.41, 5.74) is -0.186. The second-order valence-electron chi connectivity index (χ2n) is 5.64. The van der Waals surface area contributed by atoms with E-state index in [4.69, 9.17) is 0 Å². The summed E-state index contributed by atoms with van der Waals surface area (Å²) in [4.78, 5) is 12.0. The van der Waals surface area contributed by atoms with Gasteiger partial charge >= 0.3 is 0 Å². The maximum Gasteiger partial charge on any atom is 0.265 e. The van der Waals surface area contributed by atoms with Gasteiger partial charge in [0, 0.05) is 24.1 Å². The average Bonchev–Trinajstić information content (AvgIpc) is 2.65. The van der Waals surface area contributed by atoms with Gasteiger partial charge in [-0.3, -0.25) is 4.79 Å². The number of nitrogens with zero attached hydrogens (tertiary/aromatic N) is 2. The molecule has 0 saturated heterocycles. The highest BCUT2D eigenvalue weighted by Crippen LogP contribution is 2.29. The quantitative estimate of drug-likeness (QED) is 0.491. The van der Waals surface area contributed by atoms with E-state index in [0.717, 1.165) is 6.08 Å². The molecule has 2 aromatic rings. The van der Waals surface area contributed by atoms with Crippen LogP contribution in [0.2, 0.25) is 0 Å². The Balaban J connectivity index is 2.15. The first-order chi connectivity index (χ1) is 12.4. The van der Waals surface area contributed by atoms with Crippen molar-refractivity contribution in [3.05, 3.63) is 92.6 Å². The molecule has 7 heteroatoms. The summed E-state index contributed by atoms with van der Waals surface area (Å²) in [7, 11) is 1.53. The van der Waals surface area contributed by atoms with Crippen LogP contribution in [0, 0.1) is 10.4 Å². The second kappa shape index (κ2) is 6.64. The lowest BCUT2D eigenvalue weighted by atomic mass is 10.0. The smallest absolute Gasteiger partial charge is 0.265 e. The van der Waals surface area contributed by atoms with Gasteiger partial charge in [0.1, 0.15) is 17.1 Å². The molecule has 1 aromatic heterocycles. The highest BCUT2D eigenvalue weighted by atomic mass is 16.8. The fourth-order valence-corrected chi connectivity index (χ4v) is 2.76. The van der Waals surface area contributed by atoms with Gasteiger partial charge in [-0.25, -0.2) is 0 Å². The number of aromatic nitrogens is 1. The molecule has 132 valence electrons. The summed E-state index contributed by atoms with van der Waals surface area (Å²) in [5.74, 6) is -0.819. The summed E-state index contributed by atoms with van der Waals surface area (Å²) >= 11 is 0. The minimum Gasteiger partial charge on any atom is -0.612 e. The van der Waals surface area contributed by atoms with Gasteiger partial charge in [0.05, 0.1) is 5.52 Å². The number of fused-ring (bicyclic) bond motifs is 1. The summed E-state index contributed by atoms with van der Waals surface area (Å²) in [6.45, 7) is 0. The number of pyridine rings is 1. The van der Waals surface area contributed by atoms with E-state index in [1.807, 2.05) is 0 Å². The number of aromatic hydroxyl groups is 1. The van der Waals surface area contributed by atoms with E-state index in [0.29, 0.717) is 10.9 Å². The lowest BCUT2D eigenvalue weighted by Gasteiger charge is -2.12. The van der Waals surface area contributed by atoms with Crippen LogP contribution in [0.15, 0.2) is 71.1 Å². The van der Waals surface area contributed by atoms with Gasteiger partial charge in [0.2, 0.25) is 5.71 Å². The zero-order valence-electron chi connectivity index (χ0n) is 13.8. The number of hydrogen-bond donors (Lipinski definition) is 2. The van der Waals surface area contributed by atoms with Crippen LogP contribution in [-0.2, 0) is 7.05 Å². The number of allylic oxidation sites excluding steroid dienone is 7. The molecule has 0 atom stereocenters. The Bertz CT molecular complexity index is 1100. The second-order valence-corrected chi connectivity index (χ2v) is 5.64. The predicted molar refractivity (Wildman–Crippen MR) is 99.8 cm³/mol. The van der Waals surface area contributed by atoms with Crippen LogP contribution >= 0.6 is 0 Å². The average molecular weight is 351 g/mol. The van der Waals surface area contributed by atoms with Crippen LogP contribution in [0.5, 0.6) is 5.75 Å². The van der Waals surface area contributed by atoms with Crippen LogP contribution in [0.4, 0.5) is 0 Å². The van der Waals surface area contributed by atoms with Crippen molar-refractivity contribution in [2.24, 2.45) is 7.05 Å². The third-order valence-electron chi connectivity index (χ3n) is 4.09. The van der Waals surface area contributed by atoms with Crippen LogP contribution in [0.3, 0.4) is 0 Å². The Morgan fingerprint density at radius 2 is 1.88 bits per heavy atom. The van der Waals surface area contributed by atoms with Crippen LogP contribution in [0.1, 0.15) is 5.56 Å². The molecule has 1 aromatic carbocycles. The monoisotopic (exact) mass is 351 g/mol. The van der Waals surface area contributed by atoms with E-state index < -0.39 is 16.2 Å². The van der Waals surface area contributed by atoms with E-state index in [2.05, 4.69) is 0 Å². The first kappa shape index (κ1) is 17.1. The van der Waals surface area contributed by atoms with Gasteiger partial charge < -0.3 is 25.2 Å². The summed E-state index contributed by atoms with van der Waals surface area (Å²) in [5, 5.41) is 43.3. The maximum atomic E-state index is 12.5. The summed E-state index contributed by atoms with van der Waals surface area (Å²) in [6.07, 6.45) is 8.48. The van der Waals surface area contributed by atoms with Crippen LogP contribution in [0.25, 0.3) is 16.7 Å². The van der Waals surface area contributed by atoms with E-state index in [9.17, 15) is 25.4 Å². The SMILES string of the molecule is Cn1c(=O)c(C(O)=CC=C2C=CC=CC2=[N+]([O-])[O-])c(O)c2ccccc21. The first-order valence-corrected chi connectivity index (χ1v) is 7.70. The number of aliphatic hydroxyl groups excluding tert-OH is 1. The zero-order valence-corrected chi connectivity index (χ0v) is 13.8.